The van der Waals surface area contributed by atoms with Crippen LogP contribution in [0.15, 0.2) is 53.7 Å². The summed E-state index contributed by atoms with van der Waals surface area (Å²) < 4.78 is 31.1. The molecule has 0 atom stereocenters. The third kappa shape index (κ3) is 5.03. The Hall–Kier alpha value is -2.41. The Labute approximate surface area is 148 Å². The zero-order chi connectivity index (χ0) is 18.3. The van der Waals surface area contributed by atoms with Gasteiger partial charge in [-0.25, -0.2) is 12.4 Å². The van der Waals surface area contributed by atoms with Crippen LogP contribution in [0.4, 0.5) is 0 Å². The average Bonchev–Trinajstić information content (AvgIpc) is 3.12. The van der Waals surface area contributed by atoms with Gasteiger partial charge in [-0.05, 0) is 24.6 Å². The lowest BCUT2D eigenvalue weighted by atomic mass is 10.2. The number of ether oxygens (including phenoxy) is 1. The Morgan fingerprint density at radius 1 is 1.16 bits per heavy atom. The van der Waals surface area contributed by atoms with E-state index in [-0.39, 0.29) is 23.2 Å². The van der Waals surface area contributed by atoms with Gasteiger partial charge in [-0.15, -0.1) is 0 Å². The van der Waals surface area contributed by atoms with Crippen LogP contribution in [0.3, 0.4) is 0 Å². The van der Waals surface area contributed by atoms with Crippen molar-refractivity contribution in [2.45, 2.75) is 37.5 Å². The van der Waals surface area contributed by atoms with Crippen molar-refractivity contribution in [3.63, 3.8) is 0 Å². The van der Waals surface area contributed by atoms with Gasteiger partial charge in [0.1, 0.15) is 6.61 Å². The molecule has 0 saturated carbocycles. The molecule has 2 rings (SSSR count). The van der Waals surface area contributed by atoms with E-state index in [4.69, 9.17) is 10.1 Å². The van der Waals surface area contributed by atoms with Gasteiger partial charge in [0, 0.05) is 24.4 Å². The average molecular weight is 362 g/mol. The number of nitrogens with one attached hydrogen (secondary N) is 1. The molecule has 0 aliphatic carbocycles. The Kier molecular flexibility index (Phi) is 6.52. The van der Waals surface area contributed by atoms with E-state index in [1.807, 2.05) is 0 Å². The first kappa shape index (κ1) is 18.9. The van der Waals surface area contributed by atoms with E-state index in [9.17, 15) is 13.2 Å². The number of esters is 1. The molecule has 134 valence electrons. The topological polar surface area (TPSA) is 89.2 Å². The molecule has 6 nitrogen and oxygen atoms in total. The highest BCUT2D eigenvalue weighted by Crippen LogP contribution is 2.15. The molecule has 0 spiro atoms. The minimum absolute atomic E-state index is 0.0610. The van der Waals surface area contributed by atoms with E-state index in [0.717, 1.165) is 23.2 Å². The van der Waals surface area contributed by atoms with E-state index in [1.165, 1.54) is 30.6 Å². The zero-order valence-corrected chi connectivity index (χ0v) is 15.0. The van der Waals surface area contributed by atoms with Gasteiger partial charge in [0.15, 0.2) is 0 Å². The zero-order valence-electron chi connectivity index (χ0n) is 14.1. The summed E-state index contributed by atoms with van der Waals surface area (Å²) in [4.78, 5) is 11.8. The lowest BCUT2D eigenvalue weighted by molar-refractivity contribution is -0.142. The number of hydrogen-bond acceptors (Lipinski definition) is 5. The molecule has 1 aromatic carbocycles. The minimum Gasteiger partial charge on any atom is -0.459 e. The van der Waals surface area contributed by atoms with Gasteiger partial charge in [0.2, 0.25) is 0 Å². The molecule has 1 heterocycles. The van der Waals surface area contributed by atoms with Gasteiger partial charge in [0.25, 0.3) is 10.0 Å². The van der Waals surface area contributed by atoms with Crippen LogP contribution < -0.4 is 0 Å². The molecule has 0 fully saturated rings. The van der Waals surface area contributed by atoms with Crippen LogP contribution in [-0.4, -0.2) is 30.7 Å². The number of unbranched alkanes of at least 4 members (excludes halogenated alkanes) is 2. The summed E-state index contributed by atoms with van der Waals surface area (Å²) in [5, 5.41) is 7.97. The maximum absolute atomic E-state index is 12.5. The van der Waals surface area contributed by atoms with Crippen LogP contribution in [0.1, 0.15) is 38.2 Å². The SMILES string of the molecule is CCCCCC(=O)OCC(=N)c1ccn(S(=O)(=O)c2ccccc2)c1. The molecule has 2 aromatic rings. The smallest absolute Gasteiger partial charge is 0.306 e. The molecule has 0 saturated heterocycles. The summed E-state index contributed by atoms with van der Waals surface area (Å²) in [6.07, 6.45) is 5.84. The maximum Gasteiger partial charge on any atom is 0.306 e. The number of hydrogen-bond donors (Lipinski definition) is 1. The summed E-state index contributed by atoms with van der Waals surface area (Å²) in [5.74, 6) is -0.338. The van der Waals surface area contributed by atoms with Gasteiger partial charge in [0.05, 0.1) is 10.6 Å². The quantitative estimate of drug-likeness (QED) is 0.421. The second kappa shape index (κ2) is 8.62. The normalized spacial score (nSPS) is 11.2. The highest BCUT2D eigenvalue weighted by molar-refractivity contribution is 7.90. The van der Waals surface area contributed by atoms with Crippen LogP contribution in [0.2, 0.25) is 0 Å². The monoisotopic (exact) mass is 362 g/mol. The number of nitrogens with zero attached hydrogens (tertiary/aromatic N) is 1. The molecular formula is C18H22N2O4S. The molecule has 0 aliphatic rings. The van der Waals surface area contributed by atoms with E-state index >= 15 is 0 Å². The number of carbonyl (C=O) groups excluding carboxylic acids is 1. The van der Waals surface area contributed by atoms with E-state index in [0.29, 0.717) is 12.0 Å². The molecule has 0 aliphatic heterocycles. The highest BCUT2D eigenvalue weighted by Gasteiger charge is 2.17. The second-order valence-corrected chi connectivity index (χ2v) is 7.49. The summed E-state index contributed by atoms with van der Waals surface area (Å²) in [6, 6.07) is 9.59. The van der Waals surface area contributed by atoms with Crippen molar-refractivity contribution >= 4 is 21.7 Å². The standard InChI is InChI=1S/C18H22N2O4S/c1-2-3-5-10-18(21)24-14-17(19)15-11-12-20(13-15)25(22,23)16-8-6-4-7-9-16/h4,6-9,11-13,19H,2-3,5,10,14H2,1H3. The fourth-order valence-corrected chi connectivity index (χ4v) is 3.46. The Bertz CT molecular complexity index is 826. The first-order chi connectivity index (χ1) is 11.9. The minimum atomic E-state index is -3.69. The number of aromatic nitrogens is 1. The number of benzene rings is 1. The largest absolute Gasteiger partial charge is 0.459 e. The lowest BCUT2D eigenvalue weighted by Crippen LogP contribution is -2.14. The molecule has 0 radical (unpaired) electrons. The Morgan fingerprint density at radius 2 is 1.88 bits per heavy atom. The first-order valence-electron chi connectivity index (χ1n) is 8.17. The fourth-order valence-electron chi connectivity index (χ4n) is 2.25. The van der Waals surface area contributed by atoms with Crippen molar-refractivity contribution in [1.29, 1.82) is 5.41 Å². The summed E-state index contributed by atoms with van der Waals surface area (Å²) in [6.45, 7) is 1.88. The van der Waals surface area contributed by atoms with Crippen molar-refractivity contribution in [1.82, 2.24) is 3.97 Å². The Balaban J connectivity index is 1.99. The summed E-state index contributed by atoms with van der Waals surface area (Å²) in [5.41, 5.74) is 0.465. The van der Waals surface area contributed by atoms with Crippen molar-refractivity contribution < 1.29 is 17.9 Å². The summed E-state index contributed by atoms with van der Waals surface area (Å²) >= 11 is 0. The van der Waals surface area contributed by atoms with Crippen molar-refractivity contribution in [3.05, 3.63) is 54.4 Å². The fraction of sp³-hybridized carbons (Fsp3) is 0.333. The summed E-state index contributed by atoms with van der Waals surface area (Å²) in [7, 11) is -3.69. The van der Waals surface area contributed by atoms with E-state index < -0.39 is 10.0 Å². The Morgan fingerprint density at radius 3 is 2.56 bits per heavy atom. The third-order valence-corrected chi connectivity index (χ3v) is 5.35. The first-order valence-corrected chi connectivity index (χ1v) is 9.61. The second-order valence-electron chi connectivity index (χ2n) is 5.64. The van der Waals surface area contributed by atoms with Gasteiger partial charge < -0.3 is 10.1 Å². The van der Waals surface area contributed by atoms with Gasteiger partial charge in [-0.2, -0.15) is 0 Å². The lowest BCUT2D eigenvalue weighted by Gasteiger charge is -2.06. The van der Waals surface area contributed by atoms with Gasteiger partial charge in [-0.1, -0.05) is 38.0 Å². The molecule has 0 bridgehead atoms. The van der Waals surface area contributed by atoms with Crippen LogP contribution >= 0.6 is 0 Å². The van der Waals surface area contributed by atoms with Crippen LogP contribution in [0.25, 0.3) is 0 Å². The van der Waals surface area contributed by atoms with Gasteiger partial charge in [-0.3, -0.25) is 4.79 Å². The highest BCUT2D eigenvalue weighted by atomic mass is 32.2. The molecule has 0 amide bonds. The van der Waals surface area contributed by atoms with Crippen LogP contribution in [0, 0.1) is 5.41 Å². The van der Waals surface area contributed by atoms with Crippen molar-refractivity contribution in [2.75, 3.05) is 6.61 Å². The maximum atomic E-state index is 12.5. The van der Waals surface area contributed by atoms with Gasteiger partial charge >= 0.3 is 5.97 Å². The van der Waals surface area contributed by atoms with E-state index in [2.05, 4.69) is 6.92 Å². The van der Waals surface area contributed by atoms with E-state index in [1.54, 1.807) is 18.2 Å². The number of carbonyl (C=O) groups is 1. The molecule has 25 heavy (non-hydrogen) atoms. The molecular weight excluding hydrogens is 340 g/mol. The predicted molar refractivity (Wildman–Crippen MR) is 95.4 cm³/mol. The third-order valence-electron chi connectivity index (χ3n) is 3.70. The van der Waals surface area contributed by atoms with Crippen molar-refractivity contribution in [3.8, 4) is 0 Å². The molecule has 7 heteroatoms. The van der Waals surface area contributed by atoms with Crippen LogP contribution in [0.5, 0.6) is 0 Å². The number of rotatable bonds is 9. The predicted octanol–water partition coefficient (Wildman–Crippen LogP) is 3.22. The van der Waals surface area contributed by atoms with Crippen LogP contribution in [-0.2, 0) is 19.6 Å². The molecule has 1 aromatic heterocycles. The molecule has 1 N–H and O–H groups in total. The molecule has 0 unspecified atom stereocenters. The van der Waals surface area contributed by atoms with Crippen molar-refractivity contribution in [2.24, 2.45) is 0 Å².